The Morgan fingerprint density at radius 1 is 0.719 bits per heavy atom. The van der Waals surface area contributed by atoms with E-state index in [1.165, 1.54) is 5.56 Å². The normalized spacial score (nSPS) is 16.4. The minimum atomic E-state index is 0.380. The Balaban J connectivity index is 1.39. The molecule has 1 unspecified atom stereocenters. The third-order valence-corrected chi connectivity index (χ3v) is 5.56. The molecule has 8 heteroatoms. The first-order valence-electron chi connectivity index (χ1n) is 11.8. The molecule has 0 bridgehead atoms. The number of hydrogen-bond acceptors (Lipinski definition) is 8. The highest BCUT2D eigenvalue weighted by molar-refractivity contribution is 5.19. The lowest BCUT2D eigenvalue weighted by molar-refractivity contribution is -0.0102. The van der Waals surface area contributed by atoms with Gasteiger partial charge in [0.1, 0.15) is 0 Å². The second-order valence-corrected chi connectivity index (χ2v) is 7.84. The van der Waals surface area contributed by atoms with Crippen molar-refractivity contribution < 1.29 is 23.7 Å². The molecule has 1 N–H and O–H groups in total. The van der Waals surface area contributed by atoms with Crippen molar-refractivity contribution in [3.05, 3.63) is 35.9 Å². The molecule has 2 rings (SSSR count). The molecule has 1 saturated heterocycles. The van der Waals surface area contributed by atoms with Gasteiger partial charge in [-0.3, -0.25) is 9.80 Å². The molecule has 1 aliphatic heterocycles. The summed E-state index contributed by atoms with van der Waals surface area (Å²) in [5, 5.41) is 3.45. The maximum absolute atomic E-state index is 5.72. The molecule has 1 aromatic carbocycles. The summed E-state index contributed by atoms with van der Waals surface area (Å²) < 4.78 is 26.9. The van der Waals surface area contributed by atoms with Crippen LogP contribution in [0.3, 0.4) is 0 Å². The van der Waals surface area contributed by atoms with E-state index in [-0.39, 0.29) is 0 Å². The van der Waals surface area contributed by atoms with E-state index in [2.05, 4.69) is 45.4 Å². The van der Waals surface area contributed by atoms with Crippen LogP contribution in [0.5, 0.6) is 0 Å². The zero-order chi connectivity index (χ0) is 22.7. The van der Waals surface area contributed by atoms with Gasteiger partial charge < -0.3 is 29.0 Å². The van der Waals surface area contributed by atoms with Crippen molar-refractivity contribution in [2.75, 3.05) is 113 Å². The maximum atomic E-state index is 5.72. The monoisotopic (exact) mass is 453 g/mol. The van der Waals surface area contributed by atoms with E-state index < -0.39 is 0 Å². The zero-order valence-electron chi connectivity index (χ0n) is 20.0. The summed E-state index contributed by atoms with van der Waals surface area (Å²) in [6, 6.07) is 11.1. The van der Waals surface area contributed by atoms with Crippen LogP contribution in [0.15, 0.2) is 30.3 Å². The first kappa shape index (κ1) is 27.1. The van der Waals surface area contributed by atoms with Gasteiger partial charge in [0.05, 0.1) is 59.5 Å². The summed E-state index contributed by atoms with van der Waals surface area (Å²) in [6.45, 7) is 12.0. The summed E-state index contributed by atoms with van der Waals surface area (Å²) in [5.41, 5.74) is 1.35. The highest BCUT2D eigenvalue weighted by Crippen LogP contribution is 2.14. The van der Waals surface area contributed by atoms with Crippen LogP contribution in [0.25, 0.3) is 0 Å². The maximum Gasteiger partial charge on any atom is 0.0701 e. The lowest BCUT2D eigenvalue weighted by Crippen LogP contribution is -2.49. The van der Waals surface area contributed by atoms with Gasteiger partial charge in [0.25, 0.3) is 0 Å². The zero-order valence-corrected chi connectivity index (χ0v) is 20.0. The van der Waals surface area contributed by atoms with Gasteiger partial charge in [-0.25, -0.2) is 0 Å². The predicted octanol–water partition coefficient (Wildman–Crippen LogP) is 1.28. The van der Waals surface area contributed by atoms with Gasteiger partial charge in [0, 0.05) is 52.4 Å². The molecule has 8 nitrogen and oxygen atoms in total. The molecule has 1 aliphatic rings. The third-order valence-electron chi connectivity index (χ3n) is 5.56. The Morgan fingerprint density at radius 3 is 1.75 bits per heavy atom. The first-order valence-corrected chi connectivity index (χ1v) is 11.8. The summed E-state index contributed by atoms with van der Waals surface area (Å²) in [7, 11) is 3.71. The van der Waals surface area contributed by atoms with Crippen molar-refractivity contribution in [3.63, 3.8) is 0 Å². The second-order valence-electron chi connectivity index (χ2n) is 7.84. The molecular weight excluding hydrogens is 410 g/mol. The van der Waals surface area contributed by atoms with Crippen LogP contribution in [0.4, 0.5) is 0 Å². The minimum Gasteiger partial charge on any atom is -0.382 e. The van der Waals surface area contributed by atoms with Gasteiger partial charge in [-0.2, -0.15) is 0 Å². The summed E-state index contributed by atoms with van der Waals surface area (Å²) in [5.74, 6) is 0. The van der Waals surface area contributed by atoms with Crippen LogP contribution in [0.2, 0.25) is 0 Å². The van der Waals surface area contributed by atoms with E-state index in [4.69, 9.17) is 23.7 Å². The SMILES string of the molecule is CNC(CN1CCN(CCOCCOCCOCCOCCOC)CC1)c1ccccc1. The number of ether oxygens (including phenoxy) is 5. The lowest BCUT2D eigenvalue weighted by Gasteiger charge is -2.36. The topological polar surface area (TPSA) is 64.7 Å². The van der Waals surface area contributed by atoms with Crippen LogP contribution in [-0.4, -0.2) is 123 Å². The number of benzene rings is 1. The molecule has 0 aliphatic carbocycles. The Bertz CT molecular complexity index is 544. The van der Waals surface area contributed by atoms with Crippen LogP contribution >= 0.6 is 0 Å². The number of methoxy groups -OCH3 is 1. The van der Waals surface area contributed by atoms with Gasteiger partial charge in [0.15, 0.2) is 0 Å². The fourth-order valence-electron chi connectivity index (χ4n) is 3.60. The summed E-state index contributed by atoms with van der Waals surface area (Å²) in [6.07, 6.45) is 0. The molecule has 1 heterocycles. The highest BCUT2D eigenvalue weighted by atomic mass is 16.6. The van der Waals surface area contributed by atoms with E-state index >= 15 is 0 Å². The third kappa shape index (κ3) is 12.2. The second kappa shape index (κ2) is 18.3. The number of nitrogens with zero attached hydrogens (tertiary/aromatic N) is 2. The van der Waals surface area contributed by atoms with Crippen molar-refractivity contribution in [1.82, 2.24) is 15.1 Å². The standard InChI is InChI=1S/C24H43N3O5/c1-25-24(23-6-4-3-5-7-23)22-27-10-8-26(9-11-27)12-13-29-16-17-31-20-21-32-19-18-30-15-14-28-2/h3-7,24-25H,8-22H2,1-2H3. The molecule has 1 aromatic rings. The van der Waals surface area contributed by atoms with Gasteiger partial charge >= 0.3 is 0 Å². The highest BCUT2D eigenvalue weighted by Gasteiger charge is 2.20. The van der Waals surface area contributed by atoms with Gasteiger partial charge in [-0.05, 0) is 12.6 Å². The van der Waals surface area contributed by atoms with E-state index in [1.807, 2.05) is 7.05 Å². The fraction of sp³-hybridized carbons (Fsp3) is 0.750. The smallest absolute Gasteiger partial charge is 0.0701 e. The van der Waals surface area contributed by atoms with Crippen molar-refractivity contribution >= 4 is 0 Å². The Kier molecular flexibility index (Phi) is 15.6. The van der Waals surface area contributed by atoms with Crippen LogP contribution < -0.4 is 5.32 Å². The summed E-state index contributed by atoms with van der Waals surface area (Å²) >= 11 is 0. The molecule has 0 spiro atoms. The molecule has 1 fully saturated rings. The average Bonchev–Trinajstić information content (AvgIpc) is 2.84. The van der Waals surface area contributed by atoms with E-state index in [0.717, 1.165) is 45.9 Å². The van der Waals surface area contributed by atoms with Gasteiger partial charge in [-0.15, -0.1) is 0 Å². The van der Waals surface area contributed by atoms with Gasteiger partial charge in [-0.1, -0.05) is 30.3 Å². The molecule has 184 valence electrons. The minimum absolute atomic E-state index is 0.380. The average molecular weight is 454 g/mol. The quantitative estimate of drug-likeness (QED) is 0.314. The fourth-order valence-corrected chi connectivity index (χ4v) is 3.60. The molecule has 0 saturated carbocycles. The molecule has 32 heavy (non-hydrogen) atoms. The molecule has 1 atom stereocenters. The molecule has 0 aromatic heterocycles. The van der Waals surface area contributed by atoms with Crippen molar-refractivity contribution in [3.8, 4) is 0 Å². The number of likely N-dealkylation sites (N-methyl/N-ethyl adjacent to an activating group) is 1. The molecule has 0 amide bonds. The lowest BCUT2D eigenvalue weighted by atomic mass is 10.1. The first-order chi connectivity index (χ1) is 15.8. The summed E-state index contributed by atoms with van der Waals surface area (Å²) in [4.78, 5) is 5.03. The van der Waals surface area contributed by atoms with E-state index in [0.29, 0.717) is 58.9 Å². The number of piperazine rings is 1. The van der Waals surface area contributed by atoms with Crippen molar-refractivity contribution in [2.24, 2.45) is 0 Å². The van der Waals surface area contributed by atoms with Gasteiger partial charge in [0.2, 0.25) is 0 Å². The molecular formula is C24H43N3O5. The largest absolute Gasteiger partial charge is 0.382 e. The predicted molar refractivity (Wildman–Crippen MR) is 126 cm³/mol. The Hall–Kier alpha value is -1.10. The van der Waals surface area contributed by atoms with Crippen LogP contribution in [0, 0.1) is 0 Å². The number of hydrogen-bond donors (Lipinski definition) is 1. The van der Waals surface area contributed by atoms with Crippen LogP contribution in [-0.2, 0) is 23.7 Å². The van der Waals surface area contributed by atoms with E-state index in [9.17, 15) is 0 Å². The van der Waals surface area contributed by atoms with Crippen molar-refractivity contribution in [2.45, 2.75) is 6.04 Å². The Morgan fingerprint density at radius 2 is 1.22 bits per heavy atom. The number of nitrogens with one attached hydrogen (secondary N) is 1. The van der Waals surface area contributed by atoms with Crippen LogP contribution in [0.1, 0.15) is 11.6 Å². The van der Waals surface area contributed by atoms with Crippen molar-refractivity contribution in [1.29, 1.82) is 0 Å². The number of rotatable bonds is 19. The van der Waals surface area contributed by atoms with E-state index in [1.54, 1.807) is 7.11 Å². The Labute approximate surface area is 194 Å². The molecule has 0 radical (unpaired) electrons.